The van der Waals surface area contributed by atoms with Gasteiger partial charge in [-0.1, -0.05) is 66.7 Å². The standard InChI is InChI=1S/C28H32FN3O4S/c1-21(2)30-28(34)26(18-22-12-6-4-7-13-22)31(19-23-14-10-11-17-25(23)29)27(33)20-32(37(3,35)36)24-15-8-5-9-16-24/h4-17,21,26H,18-20H2,1-3H3,(H,30,34)/t26-/m1/s1. The monoisotopic (exact) mass is 525 g/mol. The predicted molar refractivity (Wildman–Crippen MR) is 143 cm³/mol. The van der Waals surface area contributed by atoms with E-state index in [0.717, 1.165) is 16.1 Å². The number of amides is 2. The molecule has 2 amide bonds. The van der Waals surface area contributed by atoms with E-state index in [1.807, 2.05) is 30.3 Å². The quantitative estimate of drug-likeness (QED) is 0.413. The molecule has 0 unspecified atom stereocenters. The molecule has 37 heavy (non-hydrogen) atoms. The van der Waals surface area contributed by atoms with Crippen molar-refractivity contribution in [3.8, 4) is 0 Å². The summed E-state index contributed by atoms with van der Waals surface area (Å²) < 4.78 is 41.0. The number of nitrogens with one attached hydrogen (secondary N) is 1. The second kappa shape index (κ2) is 12.5. The van der Waals surface area contributed by atoms with Crippen LogP contribution in [0.2, 0.25) is 0 Å². The molecule has 0 saturated carbocycles. The molecular formula is C28H32FN3O4S. The molecule has 0 aromatic heterocycles. The van der Waals surface area contributed by atoms with E-state index in [2.05, 4.69) is 5.32 Å². The molecule has 0 aliphatic rings. The Morgan fingerprint density at radius 2 is 1.46 bits per heavy atom. The van der Waals surface area contributed by atoms with E-state index in [0.29, 0.717) is 5.69 Å². The van der Waals surface area contributed by atoms with Gasteiger partial charge in [0.15, 0.2) is 0 Å². The van der Waals surface area contributed by atoms with Crippen LogP contribution < -0.4 is 9.62 Å². The second-order valence-corrected chi connectivity index (χ2v) is 11.0. The van der Waals surface area contributed by atoms with Gasteiger partial charge < -0.3 is 10.2 Å². The number of hydrogen-bond acceptors (Lipinski definition) is 4. The third-order valence-corrected chi connectivity index (χ3v) is 6.86. The van der Waals surface area contributed by atoms with Gasteiger partial charge in [-0.15, -0.1) is 0 Å². The number of halogens is 1. The lowest BCUT2D eigenvalue weighted by atomic mass is 10.0. The summed E-state index contributed by atoms with van der Waals surface area (Å²) in [6.07, 6.45) is 1.19. The van der Waals surface area contributed by atoms with E-state index in [4.69, 9.17) is 0 Å². The fraction of sp³-hybridized carbons (Fsp3) is 0.286. The van der Waals surface area contributed by atoms with Gasteiger partial charge in [-0.25, -0.2) is 12.8 Å². The van der Waals surface area contributed by atoms with Crippen LogP contribution in [-0.4, -0.2) is 50.0 Å². The molecular weight excluding hydrogens is 493 g/mol. The molecule has 0 aliphatic heterocycles. The van der Waals surface area contributed by atoms with Crippen LogP contribution in [0.1, 0.15) is 25.0 Å². The summed E-state index contributed by atoms with van der Waals surface area (Å²) in [6.45, 7) is 2.86. The number of para-hydroxylation sites is 1. The molecule has 0 radical (unpaired) electrons. The Bertz CT molecular complexity index is 1300. The third kappa shape index (κ3) is 7.88. The van der Waals surface area contributed by atoms with E-state index in [1.165, 1.54) is 11.0 Å². The van der Waals surface area contributed by atoms with Crippen LogP contribution in [0, 0.1) is 5.82 Å². The Hall–Kier alpha value is -3.72. The van der Waals surface area contributed by atoms with Gasteiger partial charge in [0.1, 0.15) is 18.4 Å². The van der Waals surface area contributed by atoms with Crippen LogP contribution in [-0.2, 0) is 32.6 Å². The Labute approximate surface area is 218 Å². The van der Waals surface area contributed by atoms with Crippen molar-refractivity contribution in [2.24, 2.45) is 0 Å². The molecule has 3 rings (SSSR count). The van der Waals surface area contributed by atoms with Crippen molar-refractivity contribution in [1.29, 1.82) is 0 Å². The van der Waals surface area contributed by atoms with Gasteiger partial charge in [0.2, 0.25) is 21.8 Å². The molecule has 196 valence electrons. The smallest absolute Gasteiger partial charge is 0.244 e. The molecule has 0 aliphatic carbocycles. The molecule has 3 aromatic carbocycles. The Morgan fingerprint density at radius 1 is 0.892 bits per heavy atom. The molecule has 1 N–H and O–H groups in total. The largest absolute Gasteiger partial charge is 0.352 e. The zero-order valence-electron chi connectivity index (χ0n) is 21.2. The normalized spacial score (nSPS) is 12.1. The van der Waals surface area contributed by atoms with E-state index >= 15 is 0 Å². The fourth-order valence-electron chi connectivity index (χ4n) is 3.95. The highest BCUT2D eigenvalue weighted by Crippen LogP contribution is 2.21. The van der Waals surface area contributed by atoms with Crippen molar-refractivity contribution in [3.63, 3.8) is 0 Å². The number of rotatable bonds is 11. The van der Waals surface area contributed by atoms with Crippen molar-refractivity contribution in [3.05, 3.63) is 102 Å². The molecule has 0 spiro atoms. The van der Waals surface area contributed by atoms with Crippen molar-refractivity contribution in [2.45, 2.75) is 38.9 Å². The predicted octanol–water partition coefficient (Wildman–Crippen LogP) is 3.76. The van der Waals surface area contributed by atoms with Crippen molar-refractivity contribution < 1.29 is 22.4 Å². The summed E-state index contributed by atoms with van der Waals surface area (Å²) in [7, 11) is -3.84. The summed E-state index contributed by atoms with van der Waals surface area (Å²) in [6, 6.07) is 22.2. The molecule has 7 nitrogen and oxygen atoms in total. The van der Waals surface area contributed by atoms with Gasteiger partial charge in [0.05, 0.1) is 11.9 Å². The minimum atomic E-state index is -3.84. The minimum Gasteiger partial charge on any atom is -0.352 e. The number of benzene rings is 3. The first-order chi connectivity index (χ1) is 17.6. The lowest BCUT2D eigenvalue weighted by Crippen LogP contribution is -2.54. The lowest BCUT2D eigenvalue weighted by Gasteiger charge is -2.34. The van der Waals surface area contributed by atoms with Crippen LogP contribution in [0.25, 0.3) is 0 Å². The van der Waals surface area contributed by atoms with Crippen molar-refractivity contribution >= 4 is 27.5 Å². The topological polar surface area (TPSA) is 86.8 Å². The molecule has 1 atom stereocenters. The first-order valence-electron chi connectivity index (χ1n) is 12.0. The Kier molecular flexibility index (Phi) is 9.41. The molecule has 3 aromatic rings. The molecule has 0 heterocycles. The second-order valence-electron chi connectivity index (χ2n) is 9.09. The van der Waals surface area contributed by atoms with Crippen LogP contribution in [0.3, 0.4) is 0 Å². The van der Waals surface area contributed by atoms with Gasteiger partial charge in [0.25, 0.3) is 0 Å². The maximum absolute atomic E-state index is 14.7. The molecule has 0 fully saturated rings. The third-order valence-electron chi connectivity index (χ3n) is 5.72. The van der Waals surface area contributed by atoms with Gasteiger partial charge in [-0.05, 0) is 37.6 Å². The molecule has 0 bridgehead atoms. The average molecular weight is 526 g/mol. The number of hydrogen-bond donors (Lipinski definition) is 1. The minimum absolute atomic E-state index is 0.170. The summed E-state index contributed by atoms with van der Waals surface area (Å²) in [5.41, 5.74) is 1.34. The summed E-state index contributed by atoms with van der Waals surface area (Å²) in [5, 5.41) is 2.86. The fourth-order valence-corrected chi connectivity index (χ4v) is 4.80. The van der Waals surface area contributed by atoms with E-state index in [-0.39, 0.29) is 24.6 Å². The van der Waals surface area contributed by atoms with Crippen LogP contribution in [0.5, 0.6) is 0 Å². The number of carbonyl (C=O) groups is 2. The number of nitrogens with zero attached hydrogens (tertiary/aromatic N) is 2. The summed E-state index contributed by atoms with van der Waals surface area (Å²) >= 11 is 0. The van der Waals surface area contributed by atoms with Gasteiger partial charge in [-0.2, -0.15) is 0 Å². The zero-order chi connectivity index (χ0) is 27.0. The SMILES string of the molecule is CC(C)NC(=O)[C@@H](Cc1ccccc1)N(Cc1ccccc1F)C(=O)CN(c1ccccc1)S(C)(=O)=O. The Morgan fingerprint density at radius 3 is 2.03 bits per heavy atom. The van der Waals surface area contributed by atoms with Gasteiger partial charge in [-0.3, -0.25) is 13.9 Å². The zero-order valence-corrected chi connectivity index (χ0v) is 22.0. The molecule has 9 heteroatoms. The van der Waals surface area contributed by atoms with E-state index in [1.54, 1.807) is 62.4 Å². The van der Waals surface area contributed by atoms with Crippen LogP contribution in [0.4, 0.5) is 10.1 Å². The van der Waals surface area contributed by atoms with Gasteiger partial charge in [0, 0.05) is 24.6 Å². The first-order valence-corrected chi connectivity index (χ1v) is 13.8. The highest BCUT2D eigenvalue weighted by atomic mass is 32.2. The van der Waals surface area contributed by atoms with Crippen molar-refractivity contribution in [1.82, 2.24) is 10.2 Å². The highest BCUT2D eigenvalue weighted by molar-refractivity contribution is 7.92. The molecule has 0 saturated heterocycles. The summed E-state index contributed by atoms with van der Waals surface area (Å²) in [4.78, 5) is 28.5. The maximum Gasteiger partial charge on any atom is 0.244 e. The summed E-state index contributed by atoms with van der Waals surface area (Å²) in [5.74, 6) is -1.56. The van der Waals surface area contributed by atoms with E-state index in [9.17, 15) is 22.4 Å². The lowest BCUT2D eigenvalue weighted by molar-refractivity contribution is -0.140. The average Bonchev–Trinajstić information content (AvgIpc) is 2.85. The Balaban J connectivity index is 2.05. The van der Waals surface area contributed by atoms with Gasteiger partial charge >= 0.3 is 0 Å². The number of carbonyl (C=O) groups excluding carboxylic acids is 2. The van der Waals surface area contributed by atoms with Crippen LogP contribution in [0.15, 0.2) is 84.9 Å². The highest BCUT2D eigenvalue weighted by Gasteiger charge is 2.33. The first kappa shape index (κ1) is 27.9. The maximum atomic E-state index is 14.7. The number of anilines is 1. The van der Waals surface area contributed by atoms with Crippen LogP contribution >= 0.6 is 0 Å². The van der Waals surface area contributed by atoms with Crippen molar-refractivity contribution in [2.75, 3.05) is 17.1 Å². The number of sulfonamides is 1. The van der Waals surface area contributed by atoms with E-state index < -0.39 is 40.2 Å².